The molecule has 2 aromatic heterocycles. The first-order valence-corrected chi connectivity index (χ1v) is 13.6. The van der Waals surface area contributed by atoms with E-state index >= 15 is 0 Å². The number of rotatable bonds is 9. The number of carbonyl (C=O) groups excluding carboxylic acids is 2. The minimum Gasteiger partial charge on any atom is -0.437 e. The fraction of sp³-hybridized carbons (Fsp3) is 0.333. The van der Waals surface area contributed by atoms with E-state index in [2.05, 4.69) is 36.1 Å². The summed E-state index contributed by atoms with van der Waals surface area (Å²) in [7, 11) is 1.96. The smallest absolute Gasteiger partial charge is 0.416 e. The van der Waals surface area contributed by atoms with Crippen molar-refractivity contribution in [1.82, 2.24) is 25.1 Å². The van der Waals surface area contributed by atoms with Crippen LogP contribution in [0.2, 0.25) is 5.02 Å². The Balaban J connectivity index is 1.51. The molecule has 0 bridgehead atoms. The van der Waals surface area contributed by atoms with Crippen LogP contribution in [0.4, 0.5) is 13.2 Å². The lowest BCUT2D eigenvalue weighted by molar-refractivity contribution is -0.138. The molecule has 0 aliphatic carbocycles. The van der Waals surface area contributed by atoms with E-state index < -0.39 is 23.7 Å². The van der Waals surface area contributed by atoms with Crippen LogP contribution < -0.4 is 10.1 Å². The van der Waals surface area contributed by atoms with Crippen LogP contribution in [0, 0.1) is 0 Å². The van der Waals surface area contributed by atoms with Gasteiger partial charge < -0.3 is 24.6 Å². The van der Waals surface area contributed by atoms with Crippen LogP contribution >= 0.6 is 27.5 Å². The van der Waals surface area contributed by atoms with Gasteiger partial charge in [-0.05, 0) is 71.0 Å². The molecular weight excluding hydrogens is 631 g/mol. The van der Waals surface area contributed by atoms with Crippen molar-refractivity contribution in [2.45, 2.75) is 18.8 Å². The molecule has 1 atom stereocenters. The van der Waals surface area contributed by atoms with E-state index in [1.165, 1.54) is 18.3 Å². The number of halogens is 5. The lowest BCUT2D eigenvalue weighted by atomic mass is 10.2. The summed E-state index contributed by atoms with van der Waals surface area (Å²) in [4.78, 5) is 38.7. The second-order valence-electron chi connectivity index (χ2n) is 9.26. The van der Waals surface area contributed by atoms with Crippen LogP contribution in [0.3, 0.4) is 0 Å². The molecule has 1 aliphatic heterocycles. The van der Waals surface area contributed by atoms with Crippen LogP contribution in [0.1, 0.15) is 21.5 Å². The molecule has 1 unspecified atom stereocenters. The summed E-state index contributed by atoms with van der Waals surface area (Å²) in [6.07, 6.45) is -1.61. The van der Waals surface area contributed by atoms with Crippen molar-refractivity contribution in [1.29, 1.82) is 0 Å². The number of aromatic nitrogens is 2. The summed E-state index contributed by atoms with van der Waals surface area (Å²) in [5, 5.41) is 2.41. The first-order valence-electron chi connectivity index (χ1n) is 12.5. The standard InChI is InChI=1S/C27H26BrClF3N5O4/c1-36-9-11-37(12-10-36)26(39)21(16-40-15-17-6-8-33-23(28)13-17)35-24(38)19-3-2-7-34-25(19)41-22-5-4-18(14-20(22)29)27(30,31)32/h2-8,13-14,21H,9-12,15-16H2,1H3,(H,35,38). The van der Waals surface area contributed by atoms with Crippen molar-refractivity contribution < 1.29 is 32.2 Å². The SMILES string of the molecule is CN1CCN(C(=O)C(COCc2ccnc(Br)c2)NC(=O)c2cccnc2Oc2ccc(C(F)(F)F)cc2Cl)CC1. The Morgan fingerprint density at radius 1 is 1.10 bits per heavy atom. The summed E-state index contributed by atoms with van der Waals surface area (Å²) in [6.45, 7) is 2.42. The molecule has 9 nitrogen and oxygen atoms in total. The van der Waals surface area contributed by atoms with Gasteiger partial charge in [0.25, 0.3) is 5.91 Å². The van der Waals surface area contributed by atoms with Crippen molar-refractivity contribution >= 4 is 39.3 Å². The number of benzene rings is 1. The van der Waals surface area contributed by atoms with Crippen LogP contribution in [-0.2, 0) is 22.3 Å². The van der Waals surface area contributed by atoms with E-state index in [0.717, 1.165) is 23.8 Å². The molecule has 1 saturated heterocycles. The maximum atomic E-state index is 13.4. The Morgan fingerprint density at radius 3 is 2.54 bits per heavy atom. The molecule has 1 aromatic carbocycles. The molecule has 0 radical (unpaired) electrons. The Kier molecular flexibility index (Phi) is 10.2. The van der Waals surface area contributed by atoms with Gasteiger partial charge in [0.1, 0.15) is 22.0 Å². The maximum absolute atomic E-state index is 13.4. The number of hydrogen-bond acceptors (Lipinski definition) is 7. The van der Waals surface area contributed by atoms with Crippen molar-refractivity contribution in [2.24, 2.45) is 0 Å². The zero-order valence-electron chi connectivity index (χ0n) is 21.8. The second-order valence-corrected chi connectivity index (χ2v) is 10.5. The first kappa shape index (κ1) is 30.7. The third kappa shape index (κ3) is 8.38. The van der Waals surface area contributed by atoms with Gasteiger partial charge in [-0.3, -0.25) is 9.59 Å². The lowest BCUT2D eigenvalue weighted by Crippen LogP contribution is -2.55. The minimum absolute atomic E-state index is 0.0438. The molecule has 14 heteroatoms. The monoisotopic (exact) mass is 655 g/mol. The molecule has 3 aromatic rings. The van der Waals surface area contributed by atoms with Gasteiger partial charge in [-0.25, -0.2) is 9.97 Å². The third-order valence-electron chi connectivity index (χ3n) is 6.24. The van der Waals surface area contributed by atoms with E-state index in [0.29, 0.717) is 30.8 Å². The molecule has 1 N–H and O–H groups in total. The van der Waals surface area contributed by atoms with Crippen molar-refractivity contribution in [3.05, 3.63) is 81.2 Å². The van der Waals surface area contributed by atoms with Crippen molar-refractivity contribution in [2.75, 3.05) is 39.8 Å². The number of nitrogens with one attached hydrogen (secondary N) is 1. The third-order valence-corrected chi connectivity index (χ3v) is 6.97. The lowest BCUT2D eigenvalue weighted by Gasteiger charge is -2.34. The Bertz CT molecular complexity index is 1390. The maximum Gasteiger partial charge on any atom is 0.416 e. The van der Waals surface area contributed by atoms with Gasteiger partial charge in [0, 0.05) is 38.6 Å². The van der Waals surface area contributed by atoms with E-state index in [4.69, 9.17) is 21.1 Å². The van der Waals surface area contributed by atoms with Crippen molar-refractivity contribution in [3.8, 4) is 11.6 Å². The highest BCUT2D eigenvalue weighted by Gasteiger charge is 2.32. The number of hydrogen-bond donors (Lipinski definition) is 1. The van der Waals surface area contributed by atoms with Gasteiger partial charge >= 0.3 is 6.18 Å². The Labute approximate surface area is 247 Å². The van der Waals surface area contributed by atoms with E-state index in [9.17, 15) is 22.8 Å². The normalized spacial score (nSPS) is 14.9. The average Bonchev–Trinajstić information content (AvgIpc) is 2.93. The van der Waals surface area contributed by atoms with Crippen LogP contribution in [0.15, 0.2) is 59.5 Å². The highest BCUT2D eigenvalue weighted by atomic mass is 79.9. The van der Waals surface area contributed by atoms with E-state index in [-0.39, 0.29) is 41.3 Å². The molecule has 2 amide bonds. The molecule has 1 aliphatic rings. The number of ether oxygens (including phenoxy) is 2. The largest absolute Gasteiger partial charge is 0.437 e. The molecular formula is C27H26BrClF3N5O4. The molecule has 41 heavy (non-hydrogen) atoms. The Hall–Kier alpha value is -3.26. The van der Waals surface area contributed by atoms with Crippen LogP contribution in [-0.4, -0.2) is 77.5 Å². The minimum atomic E-state index is -4.58. The fourth-order valence-electron chi connectivity index (χ4n) is 3.99. The average molecular weight is 657 g/mol. The molecule has 218 valence electrons. The predicted molar refractivity (Wildman–Crippen MR) is 148 cm³/mol. The van der Waals surface area contributed by atoms with Gasteiger partial charge in [0.05, 0.1) is 23.8 Å². The highest BCUT2D eigenvalue weighted by molar-refractivity contribution is 9.10. The quantitative estimate of drug-likeness (QED) is 0.331. The van der Waals surface area contributed by atoms with Crippen molar-refractivity contribution in [3.63, 3.8) is 0 Å². The highest BCUT2D eigenvalue weighted by Crippen LogP contribution is 2.36. The van der Waals surface area contributed by atoms with E-state index in [1.54, 1.807) is 23.2 Å². The number of amides is 2. The summed E-state index contributed by atoms with van der Waals surface area (Å²) < 4.78 is 51.2. The second kappa shape index (κ2) is 13.6. The molecule has 1 fully saturated rings. The fourth-order valence-corrected chi connectivity index (χ4v) is 4.63. The van der Waals surface area contributed by atoms with Gasteiger partial charge in [-0.2, -0.15) is 13.2 Å². The number of likely N-dealkylation sites (N-methyl/N-ethyl adjacent to an activating group) is 1. The summed E-state index contributed by atoms with van der Waals surface area (Å²) in [5.41, 5.74) is -0.170. The molecule has 4 rings (SSSR count). The Morgan fingerprint density at radius 2 is 1.85 bits per heavy atom. The zero-order chi connectivity index (χ0) is 29.6. The van der Waals surface area contributed by atoms with Gasteiger partial charge in [0.2, 0.25) is 11.8 Å². The van der Waals surface area contributed by atoms with E-state index in [1.807, 2.05) is 7.05 Å². The number of alkyl halides is 3. The number of pyridine rings is 2. The zero-order valence-corrected chi connectivity index (χ0v) is 24.2. The topological polar surface area (TPSA) is 96.9 Å². The van der Waals surface area contributed by atoms with Gasteiger partial charge in [-0.1, -0.05) is 11.6 Å². The number of piperazine rings is 1. The summed E-state index contributed by atoms with van der Waals surface area (Å²) >= 11 is 9.33. The molecule has 0 saturated carbocycles. The first-order chi connectivity index (χ1) is 19.5. The molecule has 3 heterocycles. The summed E-state index contributed by atoms with van der Waals surface area (Å²) in [5.74, 6) is -1.30. The number of carbonyl (C=O) groups is 2. The molecule has 0 spiro atoms. The van der Waals surface area contributed by atoms with Gasteiger partial charge in [0.15, 0.2) is 0 Å². The predicted octanol–water partition coefficient (Wildman–Crippen LogP) is 4.79. The number of nitrogens with zero attached hydrogens (tertiary/aromatic N) is 4. The van der Waals surface area contributed by atoms with Gasteiger partial charge in [-0.15, -0.1) is 0 Å². The van der Waals surface area contributed by atoms with Crippen LogP contribution in [0.25, 0.3) is 0 Å². The van der Waals surface area contributed by atoms with Crippen LogP contribution in [0.5, 0.6) is 11.6 Å². The summed E-state index contributed by atoms with van der Waals surface area (Å²) in [6, 6.07) is 8.02.